The number of hydrogen-bond acceptors (Lipinski definition) is 9. The molecule has 2 unspecified atom stereocenters. The van der Waals surface area contributed by atoms with Crippen molar-refractivity contribution in [2.24, 2.45) is 0 Å². The van der Waals surface area contributed by atoms with E-state index in [1.807, 2.05) is 0 Å². The summed E-state index contributed by atoms with van der Waals surface area (Å²) in [5.74, 6) is -0.261. The maximum Gasteiger partial charge on any atom is 0.220 e. The summed E-state index contributed by atoms with van der Waals surface area (Å²) >= 11 is 0. The van der Waals surface area contributed by atoms with E-state index in [0.717, 1.165) is 44.9 Å². The lowest BCUT2D eigenvalue weighted by Crippen LogP contribution is -2.60. The van der Waals surface area contributed by atoms with Gasteiger partial charge >= 0.3 is 0 Å². The van der Waals surface area contributed by atoms with Crippen LogP contribution >= 0.6 is 0 Å². The predicted molar refractivity (Wildman–Crippen MR) is 195 cm³/mol. The highest BCUT2D eigenvalue weighted by Gasteiger charge is 2.44. The van der Waals surface area contributed by atoms with E-state index in [9.17, 15) is 35.4 Å². The topological polar surface area (TPSA) is 169 Å². The molecule has 10 heteroatoms. The zero-order valence-electron chi connectivity index (χ0n) is 31.3. The highest BCUT2D eigenvalue weighted by molar-refractivity contribution is 5.76. The normalized spacial score (nSPS) is 23.0. The van der Waals surface area contributed by atoms with Crippen molar-refractivity contribution >= 4 is 5.91 Å². The number of ether oxygens (including phenoxy) is 2. The maximum absolute atomic E-state index is 12.9. The van der Waals surface area contributed by atoms with Crippen molar-refractivity contribution in [3.8, 4) is 0 Å². The van der Waals surface area contributed by atoms with Crippen LogP contribution in [-0.2, 0) is 14.3 Å². The van der Waals surface area contributed by atoms with Crippen LogP contribution in [0, 0.1) is 0 Å². The molecule has 49 heavy (non-hydrogen) atoms. The molecule has 1 saturated heterocycles. The zero-order valence-corrected chi connectivity index (χ0v) is 31.3. The van der Waals surface area contributed by atoms with E-state index < -0.39 is 55.6 Å². The molecule has 1 amide bonds. The molecule has 7 N–H and O–H groups in total. The molecule has 0 aromatic heterocycles. The number of nitrogens with one attached hydrogen (secondary N) is 1. The van der Waals surface area contributed by atoms with Gasteiger partial charge in [0.25, 0.3) is 0 Å². The molecule has 1 aliphatic heterocycles. The van der Waals surface area contributed by atoms with Crippen molar-refractivity contribution < 1.29 is 44.9 Å². The first-order valence-corrected chi connectivity index (χ1v) is 20.3. The van der Waals surface area contributed by atoms with Crippen LogP contribution in [0.1, 0.15) is 181 Å². The number of carbonyl (C=O) groups excluding carboxylic acids is 1. The summed E-state index contributed by atoms with van der Waals surface area (Å²) in [6.45, 7) is 3.57. The van der Waals surface area contributed by atoms with Crippen LogP contribution in [0.5, 0.6) is 0 Å². The van der Waals surface area contributed by atoms with Crippen molar-refractivity contribution in [1.29, 1.82) is 0 Å². The molecule has 1 heterocycles. The molecule has 0 radical (unpaired) electrons. The maximum atomic E-state index is 12.9. The number of amides is 1. The second-order valence-corrected chi connectivity index (χ2v) is 14.6. The molecular formula is C39H77NO9. The smallest absolute Gasteiger partial charge is 0.220 e. The summed E-state index contributed by atoms with van der Waals surface area (Å²) < 4.78 is 11.1. The quantitative estimate of drug-likeness (QED) is 0.0394. The van der Waals surface area contributed by atoms with E-state index in [1.54, 1.807) is 0 Å². The first-order chi connectivity index (χ1) is 23.8. The fraction of sp³-hybridized carbons (Fsp3) is 0.974. The molecule has 10 nitrogen and oxygen atoms in total. The van der Waals surface area contributed by atoms with Crippen molar-refractivity contribution in [3.63, 3.8) is 0 Å². The van der Waals surface area contributed by atoms with Gasteiger partial charge < -0.3 is 45.4 Å². The third kappa shape index (κ3) is 22.0. The molecule has 0 spiro atoms. The van der Waals surface area contributed by atoms with Crippen LogP contribution in [-0.4, -0.2) is 98.7 Å². The van der Waals surface area contributed by atoms with Gasteiger partial charge in [0, 0.05) is 6.42 Å². The minimum atomic E-state index is -1.60. The Morgan fingerprint density at radius 2 is 1.06 bits per heavy atom. The molecule has 0 saturated carbocycles. The van der Waals surface area contributed by atoms with E-state index in [-0.39, 0.29) is 18.9 Å². The molecule has 0 aromatic carbocycles. The molecule has 0 aliphatic carbocycles. The van der Waals surface area contributed by atoms with Gasteiger partial charge in [0.05, 0.1) is 25.4 Å². The minimum absolute atomic E-state index is 0.261. The predicted octanol–water partition coefficient (Wildman–Crippen LogP) is 6.19. The second-order valence-electron chi connectivity index (χ2n) is 14.6. The molecule has 0 aromatic rings. The Hall–Kier alpha value is -0.850. The summed E-state index contributed by atoms with van der Waals surface area (Å²) in [6, 6.07) is -0.982. The van der Waals surface area contributed by atoms with Crippen LogP contribution in [0.25, 0.3) is 0 Å². The summed E-state index contributed by atoms with van der Waals surface area (Å²) in [4.78, 5) is 12.9. The largest absolute Gasteiger partial charge is 0.394 e. The average molecular weight is 704 g/mol. The molecule has 1 rings (SSSR count). The lowest BCUT2D eigenvalue weighted by Gasteiger charge is -2.40. The Morgan fingerprint density at radius 3 is 1.51 bits per heavy atom. The van der Waals surface area contributed by atoms with Gasteiger partial charge in [0.1, 0.15) is 30.5 Å². The van der Waals surface area contributed by atoms with E-state index in [1.165, 1.54) is 109 Å². The van der Waals surface area contributed by atoms with Gasteiger partial charge in [-0.3, -0.25) is 4.79 Å². The van der Waals surface area contributed by atoms with Gasteiger partial charge in [0.2, 0.25) is 5.91 Å². The fourth-order valence-electron chi connectivity index (χ4n) is 6.67. The number of aliphatic hydroxyl groups is 6. The average Bonchev–Trinajstić information content (AvgIpc) is 3.10. The molecule has 1 fully saturated rings. The summed E-state index contributed by atoms with van der Waals surface area (Å²) in [6.07, 6.45) is 19.8. The van der Waals surface area contributed by atoms with Crippen LogP contribution in [0.15, 0.2) is 0 Å². The van der Waals surface area contributed by atoms with Crippen LogP contribution in [0.2, 0.25) is 0 Å². The fourth-order valence-corrected chi connectivity index (χ4v) is 6.67. The summed E-state index contributed by atoms with van der Waals surface area (Å²) in [7, 11) is 0. The van der Waals surface area contributed by atoms with Crippen molar-refractivity contribution in [1.82, 2.24) is 5.32 Å². The molecular weight excluding hydrogens is 626 g/mol. The van der Waals surface area contributed by atoms with Gasteiger partial charge in [-0.05, 0) is 12.8 Å². The van der Waals surface area contributed by atoms with Crippen LogP contribution in [0.4, 0.5) is 0 Å². The number of unbranched alkanes of at least 4 members (excludes halogenated alkanes) is 22. The number of carbonyl (C=O) groups is 1. The number of aliphatic hydroxyl groups excluding tert-OH is 6. The minimum Gasteiger partial charge on any atom is -0.394 e. The van der Waals surface area contributed by atoms with E-state index >= 15 is 0 Å². The Morgan fingerprint density at radius 1 is 0.633 bits per heavy atom. The SMILES string of the molecule is CCCCCCCCCCCCCCCCC[C@@H](O)[C@@H](O)[C@H](CO[C@@H]1O[C@H](CO)[C@H](O)C(O)C1O)NC(=O)CCCCCCCCCCC. The summed E-state index contributed by atoms with van der Waals surface area (Å²) in [5.41, 5.74) is 0. The van der Waals surface area contributed by atoms with E-state index in [4.69, 9.17) is 9.47 Å². The Labute approximate surface area is 298 Å². The second kappa shape index (κ2) is 30.7. The van der Waals surface area contributed by atoms with E-state index in [2.05, 4.69) is 19.2 Å². The van der Waals surface area contributed by atoms with Gasteiger partial charge in [0.15, 0.2) is 6.29 Å². The number of rotatable bonds is 33. The Kier molecular flexibility index (Phi) is 29.0. The van der Waals surface area contributed by atoms with Gasteiger partial charge in [-0.25, -0.2) is 0 Å². The van der Waals surface area contributed by atoms with Crippen molar-refractivity contribution in [3.05, 3.63) is 0 Å². The molecule has 0 bridgehead atoms. The first kappa shape index (κ1) is 46.2. The summed E-state index contributed by atoms with van der Waals surface area (Å²) in [5, 5.41) is 64.8. The van der Waals surface area contributed by atoms with Gasteiger partial charge in [-0.2, -0.15) is 0 Å². The van der Waals surface area contributed by atoms with Crippen LogP contribution < -0.4 is 5.32 Å². The van der Waals surface area contributed by atoms with Crippen molar-refractivity contribution in [2.45, 2.75) is 230 Å². The first-order valence-electron chi connectivity index (χ1n) is 20.3. The Balaban J connectivity index is 2.44. The van der Waals surface area contributed by atoms with E-state index in [0.29, 0.717) is 6.42 Å². The lowest BCUT2D eigenvalue weighted by atomic mass is 9.98. The molecule has 292 valence electrons. The number of hydrogen-bond donors (Lipinski definition) is 7. The zero-order chi connectivity index (χ0) is 36.1. The third-order valence-corrected chi connectivity index (χ3v) is 10.1. The Bertz CT molecular complexity index is 758. The third-order valence-electron chi connectivity index (χ3n) is 10.1. The lowest BCUT2D eigenvalue weighted by molar-refractivity contribution is -0.303. The van der Waals surface area contributed by atoms with Gasteiger partial charge in [-0.15, -0.1) is 0 Å². The standard InChI is InChI=1S/C39H77NO9/c1-3-5-7-9-11-13-14-15-16-17-18-20-21-23-25-27-32(42)35(44)31(30-48-39-38(47)37(46)36(45)33(29-41)49-39)40-34(43)28-26-24-22-19-12-10-8-6-4-2/h31-33,35-39,41-42,44-47H,3-30H2,1-2H3,(H,40,43)/t31-,32+,33+,35-,36-,37?,38?,39+/m0/s1. The van der Waals surface area contributed by atoms with Crippen molar-refractivity contribution in [2.75, 3.05) is 13.2 Å². The van der Waals surface area contributed by atoms with Crippen LogP contribution in [0.3, 0.4) is 0 Å². The molecule has 8 atom stereocenters. The highest BCUT2D eigenvalue weighted by Crippen LogP contribution is 2.23. The van der Waals surface area contributed by atoms with Gasteiger partial charge in [-0.1, -0.05) is 162 Å². The highest BCUT2D eigenvalue weighted by atomic mass is 16.7. The monoisotopic (exact) mass is 704 g/mol. The molecule has 1 aliphatic rings.